The number of alkyl halides is 3. The zero-order valence-corrected chi connectivity index (χ0v) is 18.5. The van der Waals surface area contributed by atoms with E-state index >= 15 is 0 Å². The van der Waals surface area contributed by atoms with Crippen molar-refractivity contribution in [3.8, 4) is 0 Å². The summed E-state index contributed by atoms with van der Waals surface area (Å²) in [5.41, 5.74) is 7.67. The number of aliphatic carboxylic acids is 1. The summed E-state index contributed by atoms with van der Waals surface area (Å²) in [6.45, 7) is 0. The molecule has 2 atom stereocenters. The van der Waals surface area contributed by atoms with Crippen LogP contribution in [0.25, 0.3) is 5.65 Å². The zero-order valence-electron chi connectivity index (χ0n) is 17.0. The molecule has 0 spiro atoms. The van der Waals surface area contributed by atoms with Crippen molar-refractivity contribution in [2.45, 2.75) is 43.9 Å². The molecule has 0 saturated heterocycles. The summed E-state index contributed by atoms with van der Waals surface area (Å²) in [6, 6.07) is 3.93. The van der Waals surface area contributed by atoms with E-state index in [0.717, 1.165) is 19.3 Å². The lowest BCUT2D eigenvalue weighted by atomic mass is 9.91. The molecule has 1 amide bonds. The smallest absolute Gasteiger partial charge is 0.475 e. The molecule has 5 N–H and O–H groups in total. The van der Waals surface area contributed by atoms with E-state index in [1.165, 1.54) is 24.0 Å². The number of halogens is 4. The molecule has 4 rings (SSSR count). The molecular weight excluding hydrogens is 485 g/mol. The molecule has 0 radical (unpaired) electrons. The van der Waals surface area contributed by atoms with Crippen molar-refractivity contribution in [1.29, 1.82) is 0 Å². The lowest BCUT2D eigenvalue weighted by Crippen LogP contribution is -2.42. The number of carboxylic acid groups (broad SMARTS) is 1. The quantitative estimate of drug-likeness (QED) is 0.421. The van der Waals surface area contributed by atoms with Crippen molar-refractivity contribution in [1.82, 2.24) is 14.6 Å². The molecule has 1 saturated carbocycles. The summed E-state index contributed by atoms with van der Waals surface area (Å²) in [6.07, 6.45) is 2.58. The molecule has 0 aliphatic heterocycles. The van der Waals surface area contributed by atoms with Crippen molar-refractivity contribution in [3.63, 3.8) is 0 Å². The third-order valence-corrected chi connectivity index (χ3v) is 6.04. The first kappa shape index (κ1) is 24.7. The normalized spacial score (nSPS) is 18.3. The lowest BCUT2D eigenvalue weighted by molar-refractivity contribution is -0.192. The van der Waals surface area contributed by atoms with Gasteiger partial charge >= 0.3 is 12.1 Å². The Morgan fingerprint density at radius 3 is 2.58 bits per heavy atom. The first-order valence-corrected chi connectivity index (χ1v) is 11.0. The summed E-state index contributed by atoms with van der Waals surface area (Å²) in [4.78, 5) is 26.1. The third-order valence-electron chi connectivity index (χ3n) is 4.88. The fourth-order valence-electron chi connectivity index (χ4n) is 3.21. The largest absolute Gasteiger partial charge is 0.490 e. The molecule has 0 aromatic carbocycles. The number of aromatic nitrogens is 3. The number of fused-ring (bicyclic) bond motifs is 1. The summed E-state index contributed by atoms with van der Waals surface area (Å²) < 4.78 is 33.9. The number of rotatable bonds is 4. The van der Waals surface area contributed by atoms with Crippen LogP contribution in [0.1, 0.15) is 36.0 Å². The average molecular weight is 505 g/mol. The van der Waals surface area contributed by atoms with Crippen molar-refractivity contribution < 1.29 is 27.9 Å². The molecule has 0 bridgehead atoms. The highest BCUT2D eigenvalue weighted by Crippen LogP contribution is 2.28. The Morgan fingerprint density at radius 2 is 1.97 bits per heavy atom. The van der Waals surface area contributed by atoms with Crippen LogP contribution >= 0.6 is 22.9 Å². The van der Waals surface area contributed by atoms with Crippen molar-refractivity contribution >= 4 is 52.0 Å². The number of hydrogen-bond acceptors (Lipinski definition) is 7. The third kappa shape index (κ3) is 6.33. The van der Waals surface area contributed by atoms with Gasteiger partial charge in [0.25, 0.3) is 5.91 Å². The monoisotopic (exact) mass is 504 g/mol. The fourth-order valence-corrected chi connectivity index (χ4v) is 4.04. The molecule has 0 unspecified atom stereocenters. The number of amides is 1. The molecule has 3 aromatic rings. The minimum Gasteiger partial charge on any atom is -0.475 e. The van der Waals surface area contributed by atoms with Crippen molar-refractivity contribution in [3.05, 3.63) is 39.8 Å². The average Bonchev–Trinajstić information content (AvgIpc) is 3.35. The molecule has 33 heavy (non-hydrogen) atoms. The number of nitrogens with one attached hydrogen (secondary N) is 2. The van der Waals surface area contributed by atoms with E-state index < -0.39 is 12.1 Å². The Hall–Kier alpha value is -2.90. The van der Waals surface area contributed by atoms with Gasteiger partial charge in [-0.1, -0.05) is 24.4 Å². The van der Waals surface area contributed by atoms with Gasteiger partial charge in [-0.2, -0.15) is 18.3 Å². The highest BCUT2D eigenvalue weighted by atomic mass is 35.5. The first-order valence-electron chi connectivity index (χ1n) is 9.77. The number of carbonyl (C=O) groups excluding carboxylic acids is 1. The van der Waals surface area contributed by atoms with Gasteiger partial charge in [0, 0.05) is 18.3 Å². The van der Waals surface area contributed by atoms with Crippen LogP contribution < -0.4 is 16.4 Å². The van der Waals surface area contributed by atoms with E-state index in [2.05, 4.69) is 20.7 Å². The van der Waals surface area contributed by atoms with Crippen LogP contribution in [0, 0.1) is 0 Å². The van der Waals surface area contributed by atoms with E-state index in [1.807, 2.05) is 11.4 Å². The Bertz CT molecular complexity index is 1140. The van der Waals surface area contributed by atoms with Crippen LogP contribution in [0.2, 0.25) is 4.34 Å². The van der Waals surface area contributed by atoms with Gasteiger partial charge in [0.1, 0.15) is 15.7 Å². The number of thiophene rings is 1. The predicted octanol–water partition coefficient (Wildman–Crippen LogP) is 4.01. The summed E-state index contributed by atoms with van der Waals surface area (Å²) >= 11 is 7.42. The lowest BCUT2D eigenvalue weighted by Gasteiger charge is -2.29. The number of nitrogens with zero attached hydrogens (tertiary/aromatic N) is 3. The van der Waals surface area contributed by atoms with Crippen LogP contribution in [-0.4, -0.2) is 49.8 Å². The maximum absolute atomic E-state index is 12.6. The Labute approximate surface area is 194 Å². The number of carbonyl (C=O) groups is 2. The van der Waals surface area contributed by atoms with Crippen LogP contribution in [0.15, 0.2) is 29.9 Å². The molecule has 9 nitrogen and oxygen atoms in total. The number of anilines is 2. The summed E-state index contributed by atoms with van der Waals surface area (Å²) in [5, 5.41) is 19.4. The van der Waals surface area contributed by atoms with Gasteiger partial charge in [-0.15, -0.1) is 11.3 Å². The highest BCUT2D eigenvalue weighted by Gasteiger charge is 2.38. The Balaban J connectivity index is 0.000000383. The van der Waals surface area contributed by atoms with E-state index in [1.54, 1.807) is 16.8 Å². The Kier molecular flexibility index (Phi) is 7.76. The first-order chi connectivity index (χ1) is 15.6. The maximum Gasteiger partial charge on any atom is 0.490 e. The van der Waals surface area contributed by atoms with Gasteiger partial charge in [-0.3, -0.25) is 4.79 Å². The van der Waals surface area contributed by atoms with Crippen molar-refractivity contribution in [2.24, 2.45) is 5.73 Å². The second-order valence-electron chi connectivity index (χ2n) is 7.20. The number of nitrogens with two attached hydrogens (primary N) is 1. The molecule has 1 aliphatic rings. The molecule has 1 aliphatic carbocycles. The van der Waals surface area contributed by atoms with Crippen LogP contribution in [0.4, 0.5) is 24.7 Å². The second-order valence-corrected chi connectivity index (χ2v) is 8.72. The topological polar surface area (TPSA) is 135 Å². The summed E-state index contributed by atoms with van der Waals surface area (Å²) in [5.74, 6) is -2.35. The standard InChI is InChI=1S/C17H19ClN6OS.C2HF3O2/c18-15-13(6-8-26-15)22-17(25)10-9-20-24-7-5-14(23-16(10)24)21-12-4-2-1-3-11(12)19;3-2(4,5)1(6)7/h5-9,11-12H,1-4,19H2,(H,21,23)(H,22,25);(H,6,7)/t11-,12+;/m0./s1. The summed E-state index contributed by atoms with van der Waals surface area (Å²) in [7, 11) is 0. The molecule has 178 valence electrons. The predicted molar refractivity (Wildman–Crippen MR) is 118 cm³/mol. The van der Waals surface area contributed by atoms with Gasteiger partial charge in [-0.25, -0.2) is 14.3 Å². The minimum atomic E-state index is -5.08. The second kappa shape index (κ2) is 10.4. The Morgan fingerprint density at radius 1 is 1.27 bits per heavy atom. The van der Waals surface area contributed by atoms with E-state index in [-0.39, 0.29) is 18.0 Å². The molecule has 14 heteroatoms. The fraction of sp³-hybridized carbons (Fsp3) is 0.368. The molecular formula is C19H20ClF3N6O3S. The molecule has 1 fully saturated rings. The SMILES string of the molecule is N[C@H]1CCCC[C@H]1Nc1ccn2ncc(C(=O)Nc3ccsc3Cl)c2n1.O=C(O)C(F)(F)F. The van der Waals surface area contributed by atoms with E-state index in [4.69, 9.17) is 27.2 Å². The number of carboxylic acids is 1. The molecule has 3 aromatic heterocycles. The van der Waals surface area contributed by atoms with Crippen LogP contribution in [-0.2, 0) is 4.79 Å². The van der Waals surface area contributed by atoms with E-state index in [9.17, 15) is 18.0 Å². The van der Waals surface area contributed by atoms with Crippen molar-refractivity contribution in [2.75, 3.05) is 10.6 Å². The van der Waals surface area contributed by atoms with Gasteiger partial charge < -0.3 is 21.5 Å². The highest BCUT2D eigenvalue weighted by molar-refractivity contribution is 7.15. The van der Waals surface area contributed by atoms with Gasteiger partial charge in [0.15, 0.2) is 5.65 Å². The van der Waals surface area contributed by atoms with Gasteiger partial charge in [0.2, 0.25) is 0 Å². The maximum atomic E-state index is 12.6. The van der Waals surface area contributed by atoms with E-state index in [0.29, 0.717) is 27.1 Å². The van der Waals surface area contributed by atoms with Gasteiger partial charge in [-0.05, 0) is 30.4 Å². The minimum absolute atomic E-state index is 0.121. The zero-order chi connectivity index (χ0) is 24.2. The van der Waals surface area contributed by atoms with Crippen LogP contribution in [0.5, 0.6) is 0 Å². The number of hydrogen-bond donors (Lipinski definition) is 4. The molecule has 3 heterocycles. The van der Waals surface area contributed by atoms with Gasteiger partial charge in [0.05, 0.1) is 11.9 Å². The van der Waals surface area contributed by atoms with Crippen LogP contribution in [0.3, 0.4) is 0 Å².